The molecule has 0 spiro atoms. The molecule has 5 heteroatoms. The summed E-state index contributed by atoms with van der Waals surface area (Å²) in [7, 11) is 0. The Morgan fingerprint density at radius 3 is 1.94 bits per heavy atom. The molecule has 0 saturated carbocycles. The molecular weight excluding hydrogens is 265 g/mol. The van der Waals surface area contributed by atoms with Crippen LogP contribution in [0.3, 0.4) is 0 Å². The fraction of sp³-hybridized carbons (Fsp3) is 0.0769. The zero-order chi connectivity index (χ0) is 13.3. The molecule has 2 aromatic carbocycles. The smallest absolute Gasteiger partial charge is 0.135 e. The van der Waals surface area contributed by atoms with Crippen molar-refractivity contribution in [3.63, 3.8) is 0 Å². The maximum absolute atomic E-state index is 13.5. The summed E-state index contributed by atoms with van der Waals surface area (Å²) in [4.78, 5) is 0. The Labute approximate surface area is 106 Å². The van der Waals surface area contributed by atoms with E-state index in [4.69, 9.17) is 11.6 Å². The highest BCUT2D eigenvalue weighted by Crippen LogP contribution is 2.28. The molecule has 0 radical (unpaired) electrons. The van der Waals surface area contributed by atoms with Crippen molar-refractivity contribution in [3.05, 3.63) is 70.0 Å². The van der Waals surface area contributed by atoms with Crippen molar-refractivity contribution in [3.8, 4) is 0 Å². The molecule has 0 aromatic heterocycles. The van der Waals surface area contributed by atoms with E-state index in [1.165, 1.54) is 24.3 Å². The molecule has 1 N–H and O–H groups in total. The standard InChI is InChI=1S/C13H8ClF3O/c14-8-3-1-7(2-4-8)13(18)12-10(16)5-9(15)6-11(12)17/h1-6,13,18H. The van der Waals surface area contributed by atoms with Crippen LogP contribution in [-0.4, -0.2) is 5.11 Å². The molecule has 18 heavy (non-hydrogen) atoms. The summed E-state index contributed by atoms with van der Waals surface area (Å²) in [5, 5.41) is 10.3. The molecule has 0 heterocycles. The van der Waals surface area contributed by atoms with Gasteiger partial charge in [-0.2, -0.15) is 0 Å². The average molecular weight is 273 g/mol. The van der Waals surface area contributed by atoms with Gasteiger partial charge in [-0.05, 0) is 17.7 Å². The molecule has 1 unspecified atom stereocenters. The third kappa shape index (κ3) is 2.49. The van der Waals surface area contributed by atoms with Crippen molar-refractivity contribution in [2.24, 2.45) is 0 Å². The summed E-state index contributed by atoms with van der Waals surface area (Å²) in [6, 6.07) is 6.90. The maximum atomic E-state index is 13.5. The predicted octanol–water partition coefficient (Wildman–Crippen LogP) is 3.84. The molecule has 2 aromatic rings. The van der Waals surface area contributed by atoms with Crippen LogP contribution < -0.4 is 0 Å². The van der Waals surface area contributed by atoms with Crippen molar-refractivity contribution >= 4 is 11.6 Å². The Balaban J connectivity index is 2.46. The number of halogens is 4. The van der Waals surface area contributed by atoms with Crippen LogP contribution in [-0.2, 0) is 0 Å². The van der Waals surface area contributed by atoms with Crippen LogP contribution in [0.25, 0.3) is 0 Å². The van der Waals surface area contributed by atoms with Gasteiger partial charge in [-0.15, -0.1) is 0 Å². The minimum absolute atomic E-state index is 0.267. The van der Waals surface area contributed by atoms with Gasteiger partial charge in [0.15, 0.2) is 0 Å². The number of hydrogen-bond acceptors (Lipinski definition) is 1. The minimum atomic E-state index is -1.51. The van der Waals surface area contributed by atoms with E-state index in [0.717, 1.165) is 0 Å². The SMILES string of the molecule is OC(c1ccc(Cl)cc1)c1c(F)cc(F)cc1F. The zero-order valence-electron chi connectivity index (χ0n) is 9.00. The van der Waals surface area contributed by atoms with Crippen LogP contribution in [0.15, 0.2) is 36.4 Å². The quantitative estimate of drug-likeness (QED) is 0.881. The van der Waals surface area contributed by atoms with E-state index in [1.54, 1.807) is 0 Å². The zero-order valence-corrected chi connectivity index (χ0v) is 9.76. The van der Waals surface area contributed by atoms with E-state index in [0.29, 0.717) is 17.2 Å². The number of benzene rings is 2. The van der Waals surface area contributed by atoms with Gasteiger partial charge in [-0.1, -0.05) is 23.7 Å². The highest BCUT2D eigenvalue weighted by Gasteiger charge is 2.20. The molecule has 0 amide bonds. The molecule has 2 rings (SSSR count). The lowest BCUT2D eigenvalue weighted by molar-refractivity contribution is 0.208. The number of aliphatic hydroxyl groups is 1. The van der Waals surface area contributed by atoms with Gasteiger partial charge in [-0.25, -0.2) is 13.2 Å². The maximum Gasteiger partial charge on any atom is 0.135 e. The van der Waals surface area contributed by atoms with Crippen molar-refractivity contribution in [1.29, 1.82) is 0 Å². The molecule has 1 nitrogen and oxygen atoms in total. The van der Waals surface area contributed by atoms with Crippen molar-refractivity contribution in [2.45, 2.75) is 6.10 Å². The van der Waals surface area contributed by atoms with E-state index in [9.17, 15) is 18.3 Å². The summed E-state index contributed by atoms with van der Waals surface area (Å²) in [6.07, 6.45) is -1.51. The second-order valence-electron chi connectivity index (χ2n) is 3.74. The first-order chi connectivity index (χ1) is 8.49. The van der Waals surface area contributed by atoms with Crippen LogP contribution in [0.1, 0.15) is 17.2 Å². The fourth-order valence-electron chi connectivity index (χ4n) is 1.63. The largest absolute Gasteiger partial charge is 0.383 e. The van der Waals surface area contributed by atoms with Gasteiger partial charge < -0.3 is 5.11 Å². The Morgan fingerprint density at radius 2 is 1.44 bits per heavy atom. The first-order valence-electron chi connectivity index (χ1n) is 5.07. The highest BCUT2D eigenvalue weighted by molar-refractivity contribution is 6.30. The normalized spacial score (nSPS) is 12.5. The third-order valence-electron chi connectivity index (χ3n) is 2.50. The van der Waals surface area contributed by atoms with Crippen LogP contribution in [0.5, 0.6) is 0 Å². The highest BCUT2D eigenvalue weighted by atomic mass is 35.5. The minimum Gasteiger partial charge on any atom is -0.383 e. The van der Waals surface area contributed by atoms with Gasteiger partial charge in [-0.3, -0.25) is 0 Å². The monoisotopic (exact) mass is 272 g/mol. The molecule has 0 aliphatic carbocycles. The van der Waals surface area contributed by atoms with Gasteiger partial charge in [0.2, 0.25) is 0 Å². The molecule has 0 aliphatic heterocycles. The van der Waals surface area contributed by atoms with Gasteiger partial charge in [0, 0.05) is 17.2 Å². The number of hydrogen-bond donors (Lipinski definition) is 1. The van der Waals surface area contributed by atoms with E-state index in [-0.39, 0.29) is 5.56 Å². The number of rotatable bonds is 2. The topological polar surface area (TPSA) is 20.2 Å². The van der Waals surface area contributed by atoms with Gasteiger partial charge >= 0.3 is 0 Å². The summed E-state index contributed by atoms with van der Waals surface area (Å²) >= 11 is 5.67. The summed E-state index contributed by atoms with van der Waals surface area (Å²) in [5.74, 6) is -3.29. The van der Waals surface area contributed by atoms with Crippen molar-refractivity contribution < 1.29 is 18.3 Å². The van der Waals surface area contributed by atoms with E-state index >= 15 is 0 Å². The van der Waals surface area contributed by atoms with Crippen LogP contribution in [0, 0.1) is 17.5 Å². The Bertz CT molecular complexity index is 546. The second kappa shape index (κ2) is 5.00. The van der Waals surface area contributed by atoms with E-state index in [1.807, 2.05) is 0 Å². The van der Waals surface area contributed by atoms with Gasteiger partial charge in [0.25, 0.3) is 0 Å². The second-order valence-corrected chi connectivity index (χ2v) is 4.17. The Morgan fingerprint density at radius 1 is 0.944 bits per heavy atom. The molecule has 94 valence electrons. The molecule has 0 saturated heterocycles. The molecule has 0 aliphatic rings. The predicted molar refractivity (Wildman–Crippen MR) is 61.8 cm³/mol. The summed E-state index contributed by atoms with van der Waals surface area (Å²) in [5.41, 5.74) is -0.317. The first kappa shape index (κ1) is 12.9. The van der Waals surface area contributed by atoms with Crippen molar-refractivity contribution in [1.82, 2.24) is 0 Å². The van der Waals surface area contributed by atoms with E-state index < -0.39 is 29.1 Å². The lowest BCUT2D eigenvalue weighted by atomic mass is 10.0. The molecular formula is C13H8ClF3O. The van der Waals surface area contributed by atoms with Crippen LogP contribution >= 0.6 is 11.6 Å². The fourth-order valence-corrected chi connectivity index (χ4v) is 1.75. The molecule has 1 atom stereocenters. The van der Waals surface area contributed by atoms with E-state index in [2.05, 4.69) is 0 Å². The average Bonchev–Trinajstić information content (AvgIpc) is 2.28. The van der Waals surface area contributed by atoms with Gasteiger partial charge in [0.1, 0.15) is 23.6 Å². The van der Waals surface area contributed by atoms with Gasteiger partial charge in [0.05, 0.1) is 5.56 Å². The lowest BCUT2D eigenvalue weighted by Crippen LogP contribution is -2.06. The number of aliphatic hydroxyl groups excluding tert-OH is 1. The molecule has 0 fully saturated rings. The summed E-state index contributed by atoms with van der Waals surface area (Å²) < 4.78 is 39.7. The van der Waals surface area contributed by atoms with Crippen LogP contribution in [0.4, 0.5) is 13.2 Å². The third-order valence-corrected chi connectivity index (χ3v) is 2.75. The first-order valence-corrected chi connectivity index (χ1v) is 5.45. The molecule has 0 bridgehead atoms. The Kier molecular flexibility index (Phi) is 3.59. The summed E-state index contributed by atoms with van der Waals surface area (Å²) in [6.45, 7) is 0. The Hall–Kier alpha value is -1.52. The van der Waals surface area contributed by atoms with Crippen molar-refractivity contribution in [2.75, 3.05) is 0 Å². The lowest BCUT2D eigenvalue weighted by Gasteiger charge is -2.13. The van der Waals surface area contributed by atoms with Crippen LogP contribution in [0.2, 0.25) is 5.02 Å².